The van der Waals surface area contributed by atoms with Crippen LogP contribution in [0.15, 0.2) is 66.7 Å². The summed E-state index contributed by atoms with van der Waals surface area (Å²) in [5.74, 6) is -2.56. The Morgan fingerprint density at radius 3 is 2.31 bits per heavy atom. The Bertz CT molecular complexity index is 1430. The Morgan fingerprint density at radius 2 is 1.67 bits per heavy atom. The van der Waals surface area contributed by atoms with Gasteiger partial charge in [-0.05, 0) is 49.4 Å². The van der Waals surface area contributed by atoms with Crippen LogP contribution in [0.3, 0.4) is 0 Å². The van der Waals surface area contributed by atoms with E-state index in [1.807, 2.05) is 6.92 Å². The number of aryl methyl sites for hydroxylation is 1. The smallest absolute Gasteiger partial charge is 0.343 e. The quantitative estimate of drug-likeness (QED) is 0.132. The van der Waals surface area contributed by atoms with Crippen LogP contribution >= 0.6 is 0 Å². The average molecular weight is 533 g/mol. The van der Waals surface area contributed by atoms with E-state index in [9.17, 15) is 29.3 Å². The lowest BCUT2D eigenvalue weighted by atomic mass is 10.1. The second-order valence-corrected chi connectivity index (χ2v) is 8.83. The number of esters is 2. The van der Waals surface area contributed by atoms with Gasteiger partial charge in [-0.1, -0.05) is 17.7 Å². The van der Waals surface area contributed by atoms with E-state index in [-0.39, 0.29) is 41.6 Å². The van der Waals surface area contributed by atoms with Crippen molar-refractivity contribution in [2.24, 2.45) is 5.92 Å². The largest absolute Gasteiger partial charge is 0.494 e. The molecular weight excluding hydrogens is 508 g/mol. The molecule has 11 heteroatoms. The maximum atomic E-state index is 12.6. The molecule has 1 atom stereocenters. The number of amides is 1. The van der Waals surface area contributed by atoms with Crippen LogP contribution in [0.1, 0.15) is 32.7 Å². The topological polar surface area (TPSA) is 142 Å². The van der Waals surface area contributed by atoms with Gasteiger partial charge < -0.3 is 19.1 Å². The predicted molar refractivity (Wildman–Crippen MR) is 138 cm³/mol. The minimum absolute atomic E-state index is 0.0267. The zero-order chi connectivity index (χ0) is 28.1. The van der Waals surface area contributed by atoms with Gasteiger partial charge in [-0.15, -0.1) is 0 Å². The normalized spacial score (nSPS) is 14.6. The fraction of sp³-hybridized carbons (Fsp3) is 0.214. The lowest BCUT2D eigenvalue weighted by Gasteiger charge is -2.19. The summed E-state index contributed by atoms with van der Waals surface area (Å²) in [5, 5.41) is 11.0. The first kappa shape index (κ1) is 27.0. The van der Waals surface area contributed by atoms with Crippen molar-refractivity contribution >= 4 is 35.0 Å². The summed E-state index contributed by atoms with van der Waals surface area (Å²) in [4.78, 5) is 61.7. The minimum Gasteiger partial charge on any atom is -0.494 e. The highest BCUT2D eigenvalue weighted by atomic mass is 16.6. The molecule has 1 fully saturated rings. The van der Waals surface area contributed by atoms with Gasteiger partial charge in [-0.3, -0.25) is 24.5 Å². The van der Waals surface area contributed by atoms with Gasteiger partial charge >= 0.3 is 11.9 Å². The Hall–Kier alpha value is -5.06. The van der Waals surface area contributed by atoms with Crippen molar-refractivity contribution in [1.29, 1.82) is 0 Å². The number of carbonyl (C=O) groups is 4. The number of hydrogen-bond donors (Lipinski definition) is 0. The first-order valence-corrected chi connectivity index (χ1v) is 11.9. The molecule has 0 N–H and O–H groups in total. The number of anilines is 1. The minimum atomic E-state index is -0.825. The Morgan fingerprint density at radius 1 is 1.00 bits per heavy atom. The third kappa shape index (κ3) is 6.27. The van der Waals surface area contributed by atoms with Crippen LogP contribution < -0.4 is 14.4 Å². The van der Waals surface area contributed by atoms with Crippen molar-refractivity contribution in [1.82, 2.24) is 0 Å². The van der Waals surface area contributed by atoms with Gasteiger partial charge in [-0.25, -0.2) is 4.79 Å². The van der Waals surface area contributed by atoms with E-state index in [1.165, 1.54) is 54.5 Å². The Labute approximate surface area is 223 Å². The summed E-state index contributed by atoms with van der Waals surface area (Å²) in [5.41, 5.74) is 1.75. The molecule has 200 valence electrons. The number of benzene rings is 3. The molecule has 0 radical (unpaired) electrons. The standard InChI is InChI=1S/C28H24N2O9/c1-17-3-5-19(6-4-17)28(34)39-22-10-7-18(8-11-22)24(31)16-38-27(33)20-13-26(32)29(15-20)23-12-9-21(30(35)36)14-25(23)37-2/h3-12,14,20H,13,15-16H2,1-2H3/t20-/m0/s1. The molecule has 0 aromatic heterocycles. The van der Waals surface area contributed by atoms with E-state index in [0.29, 0.717) is 11.3 Å². The van der Waals surface area contributed by atoms with Crippen LogP contribution in [0.25, 0.3) is 0 Å². The van der Waals surface area contributed by atoms with E-state index in [4.69, 9.17) is 14.2 Å². The molecule has 0 saturated carbocycles. The zero-order valence-corrected chi connectivity index (χ0v) is 21.1. The average Bonchev–Trinajstić information content (AvgIpc) is 3.33. The molecule has 0 bridgehead atoms. The molecule has 11 nitrogen and oxygen atoms in total. The van der Waals surface area contributed by atoms with E-state index in [1.54, 1.807) is 24.3 Å². The third-order valence-corrected chi connectivity index (χ3v) is 6.14. The highest BCUT2D eigenvalue weighted by Gasteiger charge is 2.37. The maximum Gasteiger partial charge on any atom is 0.343 e. The molecule has 3 aromatic rings. The van der Waals surface area contributed by atoms with E-state index in [2.05, 4.69) is 0 Å². The van der Waals surface area contributed by atoms with E-state index in [0.717, 1.165) is 5.56 Å². The molecule has 1 amide bonds. The zero-order valence-electron chi connectivity index (χ0n) is 21.1. The Kier molecular flexibility index (Phi) is 7.99. The van der Waals surface area contributed by atoms with Crippen molar-refractivity contribution in [3.05, 3.63) is 93.5 Å². The van der Waals surface area contributed by atoms with Gasteiger partial charge in [0, 0.05) is 24.6 Å². The van der Waals surface area contributed by atoms with Crippen molar-refractivity contribution in [2.45, 2.75) is 13.3 Å². The summed E-state index contributed by atoms with van der Waals surface area (Å²) in [6.07, 6.45) is -0.145. The van der Waals surface area contributed by atoms with Crippen LogP contribution in [-0.4, -0.2) is 48.8 Å². The first-order chi connectivity index (χ1) is 18.7. The van der Waals surface area contributed by atoms with Crippen LogP contribution in [0.4, 0.5) is 11.4 Å². The predicted octanol–water partition coefficient (Wildman–Crippen LogP) is 3.91. The fourth-order valence-electron chi connectivity index (χ4n) is 4.00. The van der Waals surface area contributed by atoms with E-state index < -0.39 is 35.2 Å². The highest BCUT2D eigenvalue weighted by molar-refractivity contribution is 6.02. The van der Waals surface area contributed by atoms with E-state index >= 15 is 0 Å². The van der Waals surface area contributed by atoms with Crippen molar-refractivity contribution < 1.29 is 38.3 Å². The monoisotopic (exact) mass is 532 g/mol. The Balaban J connectivity index is 1.32. The van der Waals surface area contributed by atoms with Gasteiger partial charge in [0.1, 0.15) is 11.5 Å². The summed E-state index contributed by atoms with van der Waals surface area (Å²) in [7, 11) is 1.32. The number of Topliss-reactive ketones (excluding diaryl/α,β-unsaturated/α-hetero) is 1. The molecule has 1 aliphatic rings. The number of non-ortho nitro benzene ring substituents is 1. The number of nitro groups is 1. The summed E-state index contributed by atoms with van der Waals surface area (Å²) in [6, 6.07) is 16.6. The summed E-state index contributed by atoms with van der Waals surface area (Å²) >= 11 is 0. The second kappa shape index (κ2) is 11.5. The van der Waals surface area contributed by atoms with Crippen molar-refractivity contribution in [2.75, 3.05) is 25.2 Å². The molecule has 1 saturated heterocycles. The molecule has 0 spiro atoms. The highest BCUT2D eigenvalue weighted by Crippen LogP contribution is 2.36. The maximum absolute atomic E-state index is 12.6. The van der Waals surface area contributed by atoms with Crippen molar-refractivity contribution in [3.8, 4) is 11.5 Å². The van der Waals surface area contributed by atoms with Gasteiger partial charge in [0.25, 0.3) is 5.69 Å². The summed E-state index contributed by atoms with van der Waals surface area (Å²) in [6.45, 7) is 1.34. The van der Waals surface area contributed by atoms with Crippen molar-refractivity contribution in [3.63, 3.8) is 0 Å². The SMILES string of the molecule is COc1cc([N+](=O)[O-])ccc1N1C[C@@H](C(=O)OCC(=O)c2ccc(OC(=O)c3ccc(C)cc3)cc2)CC1=O. The first-order valence-electron chi connectivity index (χ1n) is 11.9. The molecule has 1 aliphatic heterocycles. The lowest BCUT2D eigenvalue weighted by molar-refractivity contribution is -0.384. The number of ketones is 1. The van der Waals surface area contributed by atoms with Gasteiger partial charge in [0.2, 0.25) is 5.91 Å². The molecule has 1 heterocycles. The van der Waals surface area contributed by atoms with Crippen LogP contribution in [0, 0.1) is 23.0 Å². The van der Waals surface area contributed by atoms with Gasteiger partial charge in [-0.2, -0.15) is 0 Å². The van der Waals surface area contributed by atoms with Crippen LogP contribution in [-0.2, 0) is 14.3 Å². The molecule has 3 aromatic carbocycles. The molecular formula is C28H24N2O9. The molecule has 39 heavy (non-hydrogen) atoms. The lowest BCUT2D eigenvalue weighted by Crippen LogP contribution is -2.27. The second-order valence-electron chi connectivity index (χ2n) is 8.83. The number of nitrogens with zero attached hydrogens (tertiary/aromatic N) is 2. The molecule has 4 rings (SSSR count). The number of hydrogen-bond acceptors (Lipinski definition) is 9. The third-order valence-electron chi connectivity index (χ3n) is 6.14. The number of rotatable bonds is 9. The molecule has 0 aliphatic carbocycles. The fourth-order valence-corrected chi connectivity index (χ4v) is 4.00. The van der Waals surface area contributed by atoms with Crippen LogP contribution in [0.5, 0.6) is 11.5 Å². The number of nitro benzene ring substituents is 1. The summed E-state index contributed by atoms with van der Waals surface area (Å²) < 4.78 is 15.7. The number of methoxy groups -OCH3 is 1. The molecule has 0 unspecified atom stereocenters. The number of carbonyl (C=O) groups excluding carboxylic acids is 4. The van der Waals surface area contributed by atoms with Gasteiger partial charge in [0.15, 0.2) is 12.4 Å². The van der Waals surface area contributed by atoms with Crippen LogP contribution in [0.2, 0.25) is 0 Å². The number of ether oxygens (including phenoxy) is 3. The van der Waals surface area contributed by atoms with Gasteiger partial charge in [0.05, 0.1) is 35.3 Å².